The third-order valence-electron chi connectivity index (χ3n) is 3.87. The predicted molar refractivity (Wildman–Crippen MR) is 88.7 cm³/mol. The van der Waals surface area contributed by atoms with Crippen LogP contribution in [0, 0.1) is 0 Å². The SMILES string of the molecule is COC(=O)C(C)SC(C(=O)N1CCCCC1)c1ccccc1. The van der Waals surface area contributed by atoms with Crippen molar-refractivity contribution in [2.24, 2.45) is 0 Å². The Kier molecular flexibility index (Phi) is 6.31. The van der Waals surface area contributed by atoms with E-state index in [4.69, 9.17) is 4.74 Å². The molecule has 1 aromatic rings. The molecule has 1 aliphatic rings. The number of nitrogens with zero attached hydrogens (tertiary/aromatic N) is 1. The number of carbonyl (C=O) groups excluding carboxylic acids is 2. The van der Waals surface area contributed by atoms with Gasteiger partial charge < -0.3 is 9.64 Å². The number of piperidine rings is 1. The van der Waals surface area contributed by atoms with Crippen LogP contribution >= 0.6 is 11.8 Å². The van der Waals surface area contributed by atoms with Crippen LogP contribution in [0.25, 0.3) is 0 Å². The Morgan fingerprint density at radius 2 is 1.77 bits per heavy atom. The average molecular weight is 321 g/mol. The molecule has 5 heteroatoms. The second-order valence-corrected chi connectivity index (χ2v) is 6.93. The molecule has 120 valence electrons. The number of hydrogen-bond donors (Lipinski definition) is 0. The molecule has 1 fully saturated rings. The topological polar surface area (TPSA) is 46.6 Å². The van der Waals surface area contributed by atoms with Crippen LogP contribution in [0.15, 0.2) is 30.3 Å². The zero-order valence-electron chi connectivity index (χ0n) is 13.2. The first-order chi connectivity index (χ1) is 10.6. The van der Waals surface area contributed by atoms with Crippen LogP contribution in [-0.2, 0) is 14.3 Å². The van der Waals surface area contributed by atoms with Gasteiger partial charge in [-0.25, -0.2) is 0 Å². The molecule has 2 rings (SSSR count). The Balaban J connectivity index is 2.17. The minimum Gasteiger partial charge on any atom is -0.468 e. The van der Waals surface area contributed by atoms with Crippen LogP contribution in [-0.4, -0.2) is 42.2 Å². The number of amides is 1. The van der Waals surface area contributed by atoms with Gasteiger partial charge in [-0.05, 0) is 31.7 Å². The molecule has 1 aliphatic heterocycles. The monoisotopic (exact) mass is 321 g/mol. The van der Waals surface area contributed by atoms with Gasteiger partial charge in [0.25, 0.3) is 0 Å². The van der Waals surface area contributed by atoms with E-state index in [0.717, 1.165) is 31.5 Å². The summed E-state index contributed by atoms with van der Waals surface area (Å²) in [6.07, 6.45) is 3.31. The van der Waals surface area contributed by atoms with Crippen molar-refractivity contribution in [2.75, 3.05) is 20.2 Å². The van der Waals surface area contributed by atoms with Crippen LogP contribution in [0.5, 0.6) is 0 Å². The van der Waals surface area contributed by atoms with Crippen molar-refractivity contribution in [1.29, 1.82) is 0 Å². The third-order valence-corrected chi connectivity index (χ3v) is 5.21. The number of thioether (sulfide) groups is 1. The lowest BCUT2D eigenvalue weighted by Gasteiger charge is -2.31. The summed E-state index contributed by atoms with van der Waals surface area (Å²) < 4.78 is 4.79. The number of benzene rings is 1. The third kappa shape index (κ3) is 4.26. The molecule has 22 heavy (non-hydrogen) atoms. The van der Waals surface area contributed by atoms with Crippen LogP contribution < -0.4 is 0 Å². The van der Waals surface area contributed by atoms with E-state index in [9.17, 15) is 9.59 Å². The molecule has 0 spiro atoms. The van der Waals surface area contributed by atoms with Crippen LogP contribution in [0.2, 0.25) is 0 Å². The summed E-state index contributed by atoms with van der Waals surface area (Å²) in [5.41, 5.74) is 0.943. The molecule has 4 nitrogen and oxygen atoms in total. The standard InChI is InChI=1S/C17H23NO3S/c1-13(17(20)21-2)22-15(14-9-5-3-6-10-14)16(19)18-11-7-4-8-12-18/h3,5-6,9-10,13,15H,4,7-8,11-12H2,1-2H3. The zero-order valence-corrected chi connectivity index (χ0v) is 14.0. The number of carbonyl (C=O) groups is 2. The van der Waals surface area contributed by atoms with E-state index in [1.54, 1.807) is 6.92 Å². The summed E-state index contributed by atoms with van der Waals surface area (Å²) in [6, 6.07) is 9.68. The lowest BCUT2D eigenvalue weighted by molar-refractivity contribution is -0.139. The molecule has 1 saturated heterocycles. The van der Waals surface area contributed by atoms with Gasteiger partial charge in [0.15, 0.2) is 0 Å². The van der Waals surface area contributed by atoms with Gasteiger partial charge in [0.05, 0.1) is 7.11 Å². The zero-order chi connectivity index (χ0) is 15.9. The number of methoxy groups -OCH3 is 1. The van der Waals surface area contributed by atoms with Crippen molar-refractivity contribution >= 4 is 23.6 Å². The van der Waals surface area contributed by atoms with Gasteiger partial charge in [-0.3, -0.25) is 9.59 Å². The van der Waals surface area contributed by atoms with E-state index in [2.05, 4.69) is 0 Å². The molecule has 0 N–H and O–H groups in total. The molecule has 1 aromatic carbocycles. The summed E-state index contributed by atoms with van der Waals surface area (Å²) in [5.74, 6) is -0.191. The summed E-state index contributed by atoms with van der Waals surface area (Å²) in [4.78, 5) is 26.5. The molecule has 0 aliphatic carbocycles. The highest BCUT2D eigenvalue weighted by atomic mass is 32.2. The molecule has 2 unspecified atom stereocenters. The van der Waals surface area contributed by atoms with E-state index >= 15 is 0 Å². The maximum Gasteiger partial charge on any atom is 0.318 e. The van der Waals surface area contributed by atoms with E-state index in [1.165, 1.54) is 25.3 Å². The predicted octanol–water partition coefficient (Wildman–Crippen LogP) is 3.03. The van der Waals surface area contributed by atoms with Gasteiger partial charge in [0.2, 0.25) is 5.91 Å². The number of ether oxygens (including phenoxy) is 1. The molecule has 0 aromatic heterocycles. The summed E-state index contributed by atoms with van der Waals surface area (Å²) in [5, 5.41) is -0.725. The second-order valence-electron chi connectivity index (χ2n) is 5.48. The molecule has 1 heterocycles. The highest BCUT2D eigenvalue weighted by Gasteiger charge is 2.30. The van der Waals surface area contributed by atoms with Crippen LogP contribution in [0.4, 0.5) is 0 Å². The van der Waals surface area contributed by atoms with Crippen molar-refractivity contribution in [3.05, 3.63) is 35.9 Å². The highest BCUT2D eigenvalue weighted by molar-refractivity contribution is 8.01. The number of esters is 1. The maximum absolute atomic E-state index is 12.9. The van der Waals surface area contributed by atoms with Crippen LogP contribution in [0.1, 0.15) is 37.0 Å². The van der Waals surface area contributed by atoms with Crippen molar-refractivity contribution in [2.45, 2.75) is 36.7 Å². The van der Waals surface area contributed by atoms with E-state index in [0.29, 0.717) is 0 Å². The molecule has 0 saturated carbocycles. The fourth-order valence-electron chi connectivity index (χ4n) is 2.61. The molecule has 1 amide bonds. The average Bonchev–Trinajstić information content (AvgIpc) is 2.59. The van der Waals surface area contributed by atoms with Gasteiger partial charge in [-0.2, -0.15) is 0 Å². The number of rotatable bonds is 5. The minimum absolute atomic E-state index is 0.103. The fourth-order valence-corrected chi connectivity index (χ4v) is 3.81. The summed E-state index contributed by atoms with van der Waals surface area (Å²) in [6.45, 7) is 3.42. The first-order valence-electron chi connectivity index (χ1n) is 7.70. The number of likely N-dealkylation sites (tertiary alicyclic amines) is 1. The largest absolute Gasteiger partial charge is 0.468 e. The molecular formula is C17H23NO3S. The van der Waals surface area contributed by atoms with Crippen LogP contribution in [0.3, 0.4) is 0 Å². The minimum atomic E-state index is -0.371. The van der Waals surface area contributed by atoms with Gasteiger partial charge in [-0.15, -0.1) is 11.8 Å². The first kappa shape index (κ1) is 16.9. The van der Waals surface area contributed by atoms with Gasteiger partial charge in [0, 0.05) is 13.1 Å². The van der Waals surface area contributed by atoms with Crippen molar-refractivity contribution in [3.8, 4) is 0 Å². The second kappa shape index (κ2) is 8.22. The lowest BCUT2D eigenvalue weighted by atomic mass is 10.1. The fraction of sp³-hybridized carbons (Fsp3) is 0.529. The Morgan fingerprint density at radius 1 is 1.14 bits per heavy atom. The highest BCUT2D eigenvalue weighted by Crippen LogP contribution is 2.35. The smallest absolute Gasteiger partial charge is 0.318 e. The van der Waals surface area contributed by atoms with Crippen molar-refractivity contribution < 1.29 is 14.3 Å². The Bertz CT molecular complexity index is 500. The summed E-state index contributed by atoms with van der Waals surface area (Å²) >= 11 is 1.37. The van der Waals surface area contributed by atoms with Gasteiger partial charge in [-0.1, -0.05) is 30.3 Å². The normalized spacial score (nSPS) is 17.6. The molecule has 0 bridgehead atoms. The van der Waals surface area contributed by atoms with Gasteiger partial charge >= 0.3 is 5.97 Å². The Morgan fingerprint density at radius 3 is 2.36 bits per heavy atom. The van der Waals surface area contributed by atoms with E-state index in [-0.39, 0.29) is 22.4 Å². The lowest BCUT2D eigenvalue weighted by Crippen LogP contribution is -2.38. The number of hydrogen-bond acceptors (Lipinski definition) is 4. The Hall–Kier alpha value is -1.49. The first-order valence-corrected chi connectivity index (χ1v) is 8.64. The van der Waals surface area contributed by atoms with Gasteiger partial charge in [0.1, 0.15) is 10.5 Å². The van der Waals surface area contributed by atoms with Crippen molar-refractivity contribution in [1.82, 2.24) is 4.90 Å². The Labute approximate surface area is 136 Å². The van der Waals surface area contributed by atoms with E-state index in [1.807, 2.05) is 35.2 Å². The van der Waals surface area contributed by atoms with Crippen molar-refractivity contribution in [3.63, 3.8) is 0 Å². The molecule has 0 radical (unpaired) electrons. The summed E-state index contributed by atoms with van der Waals surface area (Å²) in [7, 11) is 1.38. The molecule has 2 atom stereocenters. The van der Waals surface area contributed by atoms with E-state index < -0.39 is 0 Å². The quantitative estimate of drug-likeness (QED) is 0.782. The molecular weight excluding hydrogens is 298 g/mol. The maximum atomic E-state index is 12.9.